The first-order valence-corrected chi connectivity index (χ1v) is 13.2. The molecule has 0 radical (unpaired) electrons. The molecule has 0 aliphatic carbocycles. The topological polar surface area (TPSA) is 124 Å². The Kier molecular flexibility index (Phi) is 9.78. The lowest BCUT2D eigenvalue weighted by Gasteiger charge is -2.25. The first-order chi connectivity index (χ1) is 17.3. The molecule has 0 amide bonds. The summed E-state index contributed by atoms with van der Waals surface area (Å²) in [6.45, 7) is 4.65. The number of carbonyl (C=O) groups is 3. The van der Waals surface area contributed by atoms with Gasteiger partial charge in [-0.25, -0.2) is 9.59 Å². The fourth-order valence-corrected chi connectivity index (χ4v) is 5.46. The second-order valence-corrected chi connectivity index (χ2v) is 9.86. The summed E-state index contributed by atoms with van der Waals surface area (Å²) in [4.78, 5) is 37.6. The average Bonchev–Trinajstić information content (AvgIpc) is 3.14. The minimum Gasteiger partial charge on any atom is -0.452 e. The van der Waals surface area contributed by atoms with Crippen LogP contribution in [0.1, 0.15) is 41.5 Å². The Labute approximate surface area is 209 Å². The molecular formula is C25H29O10P. The number of esters is 3. The highest BCUT2D eigenvalue weighted by Crippen LogP contribution is 2.51. The van der Waals surface area contributed by atoms with Gasteiger partial charge in [-0.2, -0.15) is 0 Å². The summed E-state index contributed by atoms with van der Waals surface area (Å²) >= 11 is 0. The standard InChI is InChI=1S/C25H29O10P/c1-4-30-36(29,31-5-2)16-20-21(34-23(27)18-12-8-6-9-13-18)22(25(33-20)32-17(3)26)35-24(28)19-14-10-7-11-15-19/h6-15,20-22,25H,4-5,16H2,1-3H3/t20-,21-,22?,25-/m1/s1. The predicted octanol–water partition coefficient (Wildman–Crippen LogP) is 3.99. The lowest BCUT2D eigenvalue weighted by atomic mass is 10.1. The van der Waals surface area contributed by atoms with Crippen LogP contribution in [0.3, 0.4) is 0 Å². The van der Waals surface area contributed by atoms with Gasteiger partial charge in [0.15, 0.2) is 6.10 Å². The van der Waals surface area contributed by atoms with Gasteiger partial charge in [0.2, 0.25) is 12.4 Å². The van der Waals surface area contributed by atoms with Crippen LogP contribution in [-0.4, -0.2) is 61.9 Å². The molecule has 1 heterocycles. The number of hydrogen-bond donors (Lipinski definition) is 0. The van der Waals surface area contributed by atoms with Crippen LogP contribution in [0.15, 0.2) is 60.7 Å². The molecule has 0 saturated carbocycles. The lowest BCUT2D eigenvalue weighted by molar-refractivity contribution is -0.185. The smallest absolute Gasteiger partial charge is 0.338 e. The van der Waals surface area contributed by atoms with Crippen molar-refractivity contribution in [2.24, 2.45) is 0 Å². The van der Waals surface area contributed by atoms with E-state index in [1.54, 1.807) is 74.5 Å². The maximum absolute atomic E-state index is 13.3. The highest BCUT2D eigenvalue weighted by Gasteiger charge is 2.54. The van der Waals surface area contributed by atoms with E-state index in [1.807, 2.05) is 0 Å². The van der Waals surface area contributed by atoms with E-state index in [-0.39, 0.29) is 30.5 Å². The molecule has 4 atom stereocenters. The van der Waals surface area contributed by atoms with E-state index in [0.717, 1.165) is 6.92 Å². The van der Waals surface area contributed by atoms with E-state index >= 15 is 0 Å². The number of ether oxygens (including phenoxy) is 4. The molecule has 11 heteroatoms. The number of carbonyl (C=O) groups excluding carboxylic acids is 3. The quantitative estimate of drug-likeness (QED) is 0.244. The zero-order chi connectivity index (χ0) is 26.1. The fraction of sp³-hybridized carbons (Fsp3) is 0.400. The first kappa shape index (κ1) is 27.5. The van der Waals surface area contributed by atoms with Gasteiger partial charge < -0.3 is 28.0 Å². The molecule has 0 spiro atoms. The molecule has 1 saturated heterocycles. The largest absolute Gasteiger partial charge is 0.452 e. The number of rotatable bonds is 11. The Morgan fingerprint density at radius 1 is 0.778 bits per heavy atom. The van der Waals surface area contributed by atoms with Crippen molar-refractivity contribution in [3.05, 3.63) is 71.8 Å². The van der Waals surface area contributed by atoms with Crippen molar-refractivity contribution in [1.29, 1.82) is 0 Å². The van der Waals surface area contributed by atoms with Crippen molar-refractivity contribution in [2.75, 3.05) is 19.4 Å². The van der Waals surface area contributed by atoms with E-state index < -0.39 is 50.1 Å². The molecule has 1 unspecified atom stereocenters. The van der Waals surface area contributed by atoms with Crippen LogP contribution in [-0.2, 0) is 37.4 Å². The van der Waals surface area contributed by atoms with E-state index in [0.29, 0.717) is 0 Å². The van der Waals surface area contributed by atoms with Crippen molar-refractivity contribution >= 4 is 25.5 Å². The van der Waals surface area contributed by atoms with Crippen molar-refractivity contribution in [3.8, 4) is 0 Å². The molecule has 1 aliphatic rings. The van der Waals surface area contributed by atoms with Crippen LogP contribution in [0.2, 0.25) is 0 Å². The van der Waals surface area contributed by atoms with Crippen LogP contribution in [0.5, 0.6) is 0 Å². The molecule has 0 bridgehead atoms. The molecule has 2 aromatic rings. The first-order valence-electron chi connectivity index (χ1n) is 11.5. The Morgan fingerprint density at radius 3 is 1.69 bits per heavy atom. The molecule has 2 aromatic carbocycles. The van der Waals surface area contributed by atoms with E-state index in [9.17, 15) is 18.9 Å². The maximum Gasteiger partial charge on any atom is 0.338 e. The lowest BCUT2D eigenvalue weighted by Crippen LogP contribution is -2.42. The Bertz CT molecular complexity index is 1060. The molecule has 10 nitrogen and oxygen atoms in total. The van der Waals surface area contributed by atoms with Crippen LogP contribution < -0.4 is 0 Å². The second kappa shape index (κ2) is 12.8. The fourth-order valence-electron chi connectivity index (χ4n) is 3.65. The molecule has 0 N–H and O–H groups in total. The van der Waals surface area contributed by atoms with Gasteiger partial charge in [-0.1, -0.05) is 36.4 Å². The molecule has 1 aliphatic heterocycles. The van der Waals surface area contributed by atoms with Gasteiger partial charge >= 0.3 is 25.5 Å². The van der Waals surface area contributed by atoms with E-state index in [4.69, 9.17) is 28.0 Å². The Balaban J connectivity index is 1.95. The summed E-state index contributed by atoms with van der Waals surface area (Å²) in [6.07, 6.45) is -5.54. The second-order valence-electron chi connectivity index (χ2n) is 7.75. The molecule has 36 heavy (non-hydrogen) atoms. The van der Waals surface area contributed by atoms with Crippen LogP contribution in [0, 0.1) is 0 Å². The van der Waals surface area contributed by atoms with Crippen molar-refractivity contribution < 1.29 is 46.9 Å². The number of hydrogen-bond acceptors (Lipinski definition) is 10. The Morgan fingerprint density at radius 2 is 1.25 bits per heavy atom. The summed E-state index contributed by atoms with van der Waals surface area (Å²) < 4.78 is 46.4. The van der Waals surface area contributed by atoms with Gasteiger partial charge in [0.25, 0.3) is 0 Å². The number of benzene rings is 2. The average molecular weight is 520 g/mol. The summed E-state index contributed by atoms with van der Waals surface area (Å²) in [5.41, 5.74) is 0.461. The summed E-state index contributed by atoms with van der Waals surface area (Å²) in [5, 5.41) is 0. The molecular weight excluding hydrogens is 491 g/mol. The van der Waals surface area contributed by atoms with Crippen LogP contribution >= 0.6 is 7.60 Å². The molecule has 1 fully saturated rings. The molecule has 194 valence electrons. The minimum absolute atomic E-state index is 0.0955. The van der Waals surface area contributed by atoms with Crippen molar-refractivity contribution in [2.45, 2.75) is 45.4 Å². The summed E-state index contributed by atoms with van der Waals surface area (Å²) in [7, 11) is -3.70. The Hall–Kier alpha value is -3.04. The van der Waals surface area contributed by atoms with Crippen LogP contribution in [0.4, 0.5) is 0 Å². The SMILES string of the molecule is CCOP(=O)(C[C@H]1O[C@@H](OC(C)=O)C(OC(=O)c2ccccc2)[C@@H]1OC(=O)c1ccccc1)OCC. The van der Waals surface area contributed by atoms with Gasteiger partial charge in [-0.05, 0) is 38.1 Å². The van der Waals surface area contributed by atoms with Gasteiger partial charge in [-0.3, -0.25) is 9.36 Å². The maximum atomic E-state index is 13.3. The zero-order valence-electron chi connectivity index (χ0n) is 20.2. The highest BCUT2D eigenvalue weighted by molar-refractivity contribution is 7.53. The minimum atomic E-state index is -3.70. The summed E-state index contributed by atoms with van der Waals surface area (Å²) in [5.74, 6) is -2.20. The molecule has 3 rings (SSSR count). The highest BCUT2D eigenvalue weighted by atomic mass is 31.2. The van der Waals surface area contributed by atoms with Gasteiger partial charge in [0, 0.05) is 6.92 Å². The van der Waals surface area contributed by atoms with E-state index in [2.05, 4.69) is 0 Å². The third kappa shape index (κ3) is 7.24. The monoisotopic (exact) mass is 520 g/mol. The third-order valence-electron chi connectivity index (χ3n) is 5.11. The third-order valence-corrected chi connectivity index (χ3v) is 7.22. The van der Waals surface area contributed by atoms with Gasteiger partial charge in [0.05, 0.1) is 30.5 Å². The van der Waals surface area contributed by atoms with E-state index in [1.165, 1.54) is 0 Å². The normalized spacial score (nSPS) is 21.5. The zero-order valence-corrected chi connectivity index (χ0v) is 21.1. The van der Waals surface area contributed by atoms with Crippen molar-refractivity contribution in [3.63, 3.8) is 0 Å². The molecule has 0 aromatic heterocycles. The summed E-state index contributed by atoms with van der Waals surface area (Å²) in [6, 6.07) is 16.3. The van der Waals surface area contributed by atoms with Crippen LogP contribution in [0.25, 0.3) is 0 Å². The predicted molar refractivity (Wildman–Crippen MR) is 127 cm³/mol. The van der Waals surface area contributed by atoms with Crippen molar-refractivity contribution in [1.82, 2.24) is 0 Å². The van der Waals surface area contributed by atoms with Gasteiger partial charge in [0.1, 0.15) is 6.10 Å². The van der Waals surface area contributed by atoms with Gasteiger partial charge in [-0.15, -0.1) is 0 Å².